The summed E-state index contributed by atoms with van der Waals surface area (Å²) in [6.45, 7) is 4.23. The van der Waals surface area contributed by atoms with E-state index in [0.717, 1.165) is 66.7 Å². The van der Waals surface area contributed by atoms with E-state index in [9.17, 15) is 0 Å². The lowest BCUT2D eigenvalue weighted by atomic mass is 9.99. The summed E-state index contributed by atoms with van der Waals surface area (Å²) >= 11 is 0. The van der Waals surface area contributed by atoms with Gasteiger partial charge in [-0.25, -0.2) is 20.0 Å². The number of aromatic amines is 1. The molecular formula is C39H28N8. The van der Waals surface area contributed by atoms with Crippen molar-refractivity contribution in [2.24, 2.45) is 15.7 Å². The Kier molecular flexibility index (Phi) is 6.92. The van der Waals surface area contributed by atoms with Crippen molar-refractivity contribution in [3.8, 4) is 22.4 Å². The molecule has 8 aromatic rings. The summed E-state index contributed by atoms with van der Waals surface area (Å²) < 4.78 is 2.04. The molecule has 0 spiro atoms. The Hall–Kier alpha value is -6.67. The van der Waals surface area contributed by atoms with Crippen LogP contribution in [0.1, 0.15) is 16.7 Å². The molecule has 0 unspecified atom stereocenters. The molecule has 3 aromatic carbocycles. The molecule has 0 aliphatic carbocycles. The number of nitrogens with zero attached hydrogens (tertiary/aromatic N) is 6. The highest BCUT2D eigenvalue weighted by molar-refractivity contribution is 6.12. The van der Waals surface area contributed by atoms with Gasteiger partial charge in [0.05, 0.1) is 11.4 Å². The van der Waals surface area contributed by atoms with Gasteiger partial charge in [-0.15, -0.1) is 0 Å². The number of H-pyrrole nitrogens is 1. The third-order valence-corrected chi connectivity index (χ3v) is 8.15. The van der Waals surface area contributed by atoms with Gasteiger partial charge in [-0.1, -0.05) is 85.4 Å². The highest BCUT2D eigenvalue weighted by Crippen LogP contribution is 2.34. The van der Waals surface area contributed by atoms with E-state index in [4.69, 9.17) is 20.7 Å². The largest absolute Gasteiger partial charge is 0.383 e. The number of amidine groups is 2. The van der Waals surface area contributed by atoms with Gasteiger partial charge < -0.3 is 10.7 Å². The lowest BCUT2D eigenvalue weighted by molar-refractivity contribution is 1.19. The Bertz CT molecular complexity index is 2450. The van der Waals surface area contributed by atoms with E-state index in [1.807, 2.05) is 77.6 Å². The monoisotopic (exact) mass is 608 g/mol. The quantitative estimate of drug-likeness (QED) is 0.148. The lowest BCUT2D eigenvalue weighted by Crippen LogP contribution is -2.16. The van der Waals surface area contributed by atoms with Gasteiger partial charge in [-0.05, 0) is 47.0 Å². The maximum Gasteiger partial charge on any atom is 0.165 e. The SMILES string of the molecule is C=C(N=C(N=C(N)c1cccnc1)c1cc[nH]c1)c1ccc(-c2ccc(-c3nc4c(nc5ccccn54)c4ccccc34)cc2)cc1. The molecule has 0 aliphatic rings. The number of benzene rings is 3. The first-order valence-corrected chi connectivity index (χ1v) is 15.1. The second-order valence-electron chi connectivity index (χ2n) is 11.1. The van der Waals surface area contributed by atoms with Crippen molar-refractivity contribution >= 4 is 45.0 Å². The smallest absolute Gasteiger partial charge is 0.165 e. The molecule has 0 fully saturated rings. The topological polar surface area (TPSA) is 110 Å². The molecule has 3 N–H and O–H groups in total. The minimum Gasteiger partial charge on any atom is -0.383 e. The Labute approximate surface area is 270 Å². The van der Waals surface area contributed by atoms with Gasteiger partial charge in [0.1, 0.15) is 17.0 Å². The Morgan fingerprint density at radius 1 is 0.702 bits per heavy atom. The highest BCUT2D eigenvalue weighted by atomic mass is 15.1. The van der Waals surface area contributed by atoms with E-state index in [1.165, 1.54) is 0 Å². The van der Waals surface area contributed by atoms with Gasteiger partial charge in [0.2, 0.25) is 0 Å². The molecule has 0 saturated carbocycles. The van der Waals surface area contributed by atoms with Crippen molar-refractivity contribution in [2.45, 2.75) is 0 Å². The van der Waals surface area contributed by atoms with Crippen molar-refractivity contribution in [1.29, 1.82) is 0 Å². The number of aromatic nitrogens is 5. The van der Waals surface area contributed by atoms with E-state index < -0.39 is 0 Å². The van der Waals surface area contributed by atoms with Crippen LogP contribution in [0.5, 0.6) is 0 Å². The second kappa shape index (κ2) is 11.7. The zero-order valence-corrected chi connectivity index (χ0v) is 25.2. The summed E-state index contributed by atoms with van der Waals surface area (Å²) in [4.78, 5) is 26.6. The summed E-state index contributed by atoms with van der Waals surface area (Å²) in [6, 6.07) is 36.6. The number of aliphatic imine (C=N–C) groups is 2. The summed E-state index contributed by atoms with van der Waals surface area (Å²) in [6.07, 6.45) is 9.02. The molecule has 0 bridgehead atoms. The predicted octanol–water partition coefficient (Wildman–Crippen LogP) is 7.92. The summed E-state index contributed by atoms with van der Waals surface area (Å²) in [7, 11) is 0. The normalized spacial score (nSPS) is 12.3. The molecule has 0 atom stereocenters. The summed E-state index contributed by atoms with van der Waals surface area (Å²) in [5, 5.41) is 2.16. The number of nitrogens with two attached hydrogens (primary N) is 1. The average Bonchev–Trinajstić information content (AvgIpc) is 3.81. The molecule has 0 amide bonds. The zero-order chi connectivity index (χ0) is 31.7. The fourth-order valence-corrected chi connectivity index (χ4v) is 5.73. The molecule has 8 heteroatoms. The van der Waals surface area contributed by atoms with Gasteiger partial charge in [-0.2, -0.15) is 0 Å². The van der Waals surface area contributed by atoms with Crippen molar-refractivity contribution in [2.75, 3.05) is 0 Å². The van der Waals surface area contributed by atoms with Crippen LogP contribution in [0.4, 0.5) is 0 Å². The van der Waals surface area contributed by atoms with Gasteiger partial charge in [0.15, 0.2) is 11.5 Å². The molecule has 8 nitrogen and oxygen atoms in total. The molecule has 8 rings (SSSR count). The Balaban J connectivity index is 1.09. The van der Waals surface area contributed by atoms with Gasteiger partial charge >= 0.3 is 0 Å². The summed E-state index contributed by atoms with van der Waals surface area (Å²) in [5.74, 6) is 0.784. The van der Waals surface area contributed by atoms with Crippen molar-refractivity contribution in [3.05, 3.63) is 163 Å². The van der Waals surface area contributed by atoms with E-state index >= 15 is 0 Å². The third kappa shape index (κ3) is 5.23. The van der Waals surface area contributed by atoms with Crippen LogP contribution in [-0.4, -0.2) is 36.0 Å². The second-order valence-corrected chi connectivity index (χ2v) is 11.1. The molecule has 224 valence electrons. The molecule has 0 radical (unpaired) electrons. The van der Waals surface area contributed by atoms with Crippen LogP contribution in [0, 0.1) is 0 Å². The number of rotatable bonds is 6. The van der Waals surface area contributed by atoms with E-state index in [1.54, 1.807) is 12.4 Å². The number of imidazole rings is 1. The first kappa shape index (κ1) is 27.8. The van der Waals surface area contributed by atoms with Crippen LogP contribution in [-0.2, 0) is 0 Å². The fourth-order valence-electron chi connectivity index (χ4n) is 5.73. The van der Waals surface area contributed by atoms with Gasteiger partial charge in [0, 0.05) is 58.4 Å². The molecule has 0 saturated heterocycles. The minimum absolute atomic E-state index is 0.325. The van der Waals surface area contributed by atoms with Crippen LogP contribution in [0.3, 0.4) is 0 Å². The number of nitrogens with one attached hydrogen (secondary N) is 1. The van der Waals surface area contributed by atoms with Crippen molar-refractivity contribution in [1.82, 2.24) is 24.3 Å². The standard InChI is InChI=1S/C39H28N8/c1-25(43-38(31-19-21-42-24-31)46-37(40)30-7-6-20-41-23-30)26-11-13-27(14-12-26)28-15-17-29(18-16-28)35-32-8-2-3-9-33(32)36-39(45-35)47-22-5-4-10-34(47)44-36/h2-24,42H,1H2,(H2,40,43,46). The predicted molar refractivity (Wildman–Crippen MR) is 190 cm³/mol. The average molecular weight is 609 g/mol. The summed E-state index contributed by atoms with van der Waals surface area (Å²) in [5.41, 5.74) is 16.1. The maximum atomic E-state index is 6.30. The first-order valence-electron chi connectivity index (χ1n) is 15.1. The number of fused-ring (bicyclic) bond motifs is 5. The Morgan fingerprint density at radius 3 is 2.19 bits per heavy atom. The van der Waals surface area contributed by atoms with E-state index in [-0.39, 0.29) is 0 Å². The van der Waals surface area contributed by atoms with Crippen molar-refractivity contribution in [3.63, 3.8) is 0 Å². The molecular weight excluding hydrogens is 580 g/mol. The van der Waals surface area contributed by atoms with E-state index in [0.29, 0.717) is 17.4 Å². The van der Waals surface area contributed by atoms with Crippen LogP contribution in [0.25, 0.3) is 55.7 Å². The van der Waals surface area contributed by atoms with E-state index in [2.05, 4.69) is 76.1 Å². The number of hydrogen-bond donors (Lipinski definition) is 2. The number of pyridine rings is 3. The molecule has 5 heterocycles. The third-order valence-electron chi connectivity index (χ3n) is 8.15. The minimum atomic E-state index is 0.325. The van der Waals surface area contributed by atoms with Crippen molar-refractivity contribution < 1.29 is 0 Å². The zero-order valence-electron chi connectivity index (χ0n) is 25.2. The molecule has 0 aliphatic heterocycles. The van der Waals surface area contributed by atoms with Crippen LogP contribution < -0.4 is 5.73 Å². The lowest BCUT2D eigenvalue weighted by Gasteiger charge is -2.09. The van der Waals surface area contributed by atoms with Crippen LogP contribution in [0.2, 0.25) is 0 Å². The van der Waals surface area contributed by atoms with Crippen LogP contribution >= 0.6 is 0 Å². The Morgan fingerprint density at radius 2 is 1.45 bits per heavy atom. The fraction of sp³-hybridized carbons (Fsp3) is 0. The first-order chi connectivity index (χ1) is 23.1. The van der Waals surface area contributed by atoms with Gasteiger partial charge in [0.25, 0.3) is 0 Å². The molecule has 5 aromatic heterocycles. The van der Waals surface area contributed by atoms with Crippen LogP contribution in [0.15, 0.2) is 157 Å². The number of hydrogen-bond acceptors (Lipinski definition) is 4. The van der Waals surface area contributed by atoms with Gasteiger partial charge in [-0.3, -0.25) is 9.38 Å². The highest BCUT2D eigenvalue weighted by Gasteiger charge is 2.15. The maximum absolute atomic E-state index is 6.30. The molecule has 47 heavy (non-hydrogen) atoms.